The van der Waals surface area contributed by atoms with Gasteiger partial charge in [0, 0.05) is 12.6 Å². The van der Waals surface area contributed by atoms with Crippen molar-refractivity contribution in [1.82, 2.24) is 4.90 Å². The van der Waals surface area contributed by atoms with Crippen LogP contribution in [0, 0.1) is 0 Å². The van der Waals surface area contributed by atoms with Crippen LogP contribution in [0.25, 0.3) is 0 Å². The molecule has 3 nitrogen and oxygen atoms in total. The Morgan fingerprint density at radius 3 is 2.92 bits per heavy atom. The van der Waals surface area contributed by atoms with Crippen LogP contribution >= 0.6 is 12.2 Å². The maximum Gasteiger partial charge on any atom is 0.0899 e. The lowest BCUT2D eigenvalue weighted by Crippen LogP contribution is -2.52. The van der Waals surface area contributed by atoms with E-state index in [1.54, 1.807) is 0 Å². The van der Waals surface area contributed by atoms with Crippen molar-refractivity contribution < 1.29 is 4.74 Å². The minimum Gasteiger partial charge on any atom is -0.392 e. The van der Waals surface area contributed by atoms with Gasteiger partial charge in [-0.3, -0.25) is 4.90 Å². The molecule has 70 valence electrons. The van der Waals surface area contributed by atoms with E-state index >= 15 is 0 Å². The molecule has 0 bridgehead atoms. The second-order valence-electron chi connectivity index (χ2n) is 3.24. The first-order valence-electron chi connectivity index (χ1n) is 4.25. The first-order valence-corrected chi connectivity index (χ1v) is 4.66. The zero-order chi connectivity index (χ0) is 9.14. The number of hydrogen-bond donors (Lipinski definition) is 1. The van der Waals surface area contributed by atoms with Gasteiger partial charge in [0.1, 0.15) is 0 Å². The van der Waals surface area contributed by atoms with Crippen LogP contribution in [0.1, 0.15) is 13.8 Å². The molecule has 0 aromatic carbocycles. The molecule has 1 fully saturated rings. The van der Waals surface area contributed by atoms with Gasteiger partial charge in [0.05, 0.1) is 24.2 Å². The topological polar surface area (TPSA) is 38.5 Å². The fraction of sp³-hybridized carbons (Fsp3) is 0.875. The molecule has 0 spiro atoms. The average Bonchev–Trinajstić information content (AvgIpc) is 2.04. The average molecular weight is 188 g/mol. The van der Waals surface area contributed by atoms with Gasteiger partial charge in [0.2, 0.25) is 0 Å². The predicted octanol–water partition coefficient (Wildman–Crippen LogP) is 0.382. The molecule has 1 saturated heterocycles. The largest absolute Gasteiger partial charge is 0.392 e. The normalized spacial score (nSPS) is 28.3. The van der Waals surface area contributed by atoms with E-state index < -0.39 is 0 Å². The fourth-order valence-corrected chi connectivity index (χ4v) is 1.61. The molecule has 1 aliphatic rings. The minimum atomic E-state index is 0.193. The first kappa shape index (κ1) is 9.89. The van der Waals surface area contributed by atoms with E-state index in [2.05, 4.69) is 11.8 Å². The quantitative estimate of drug-likeness (QED) is 0.636. The van der Waals surface area contributed by atoms with Crippen molar-refractivity contribution in [3.8, 4) is 0 Å². The summed E-state index contributed by atoms with van der Waals surface area (Å²) in [4.78, 5) is 2.86. The Morgan fingerprint density at radius 2 is 2.42 bits per heavy atom. The summed E-state index contributed by atoms with van der Waals surface area (Å²) in [6.07, 6.45) is 0. The molecule has 0 amide bonds. The molecule has 2 N–H and O–H groups in total. The van der Waals surface area contributed by atoms with Crippen LogP contribution < -0.4 is 5.73 Å². The molecule has 2 unspecified atom stereocenters. The van der Waals surface area contributed by atoms with Crippen LogP contribution in [-0.4, -0.2) is 41.7 Å². The van der Waals surface area contributed by atoms with E-state index in [0.29, 0.717) is 11.0 Å². The Bertz CT molecular complexity index is 174. The van der Waals surface area contributed by atoms with E-state index in [4.69, 9.17) is 22.7 Å². The zero-order valence-electron chi connectivity index (χ0n) is 7.62. The maximum absolute atomic E-state index is 5.58. The van der Waals surface area contributed by atoms with E-state index in [1.807, 2.05) is 6.92 Å². The highest BCUT2D eigenvalue weighted by molar-refractivity contribution is 7.80. The number of rotatable bonds is 2. The summed E-state index contributed by atoms with van der Waals surface area (Å²) in [7, 11) is 0. The molecule has 1 heterocycles. The van der Waals surface area contributed by atoms with E-state index in [-0.39, 0.29) is 6.04 Å². The van der Waals surface area contributed by atoms with E-state index in [9.17, 15) is 0 Å². The molecule has 4 heteroatoms. The van der Waals surface area contributed by atoms with Gasteiger partial charge >= 0.3 is 0 Å². The van der Waals surface area contributed by atoms with Gasteiger partial charge in [-0.2, -0.15) is 0 Å². The molecule has 2 atom stereocenters. The van der Waals surface area contributed by atoms with Gasteiger partial charge in [-0.25, -0.2) is 0 Å². The van der Waals surface area contributed by atoms with Crippen molar-refractivity contribution in [1.29, 1.82) is 0 Å². The molecule has 12 heavy (non-hydrogen) atoms. The molecule has 1 rings (SSSR count). The number of morpholine rings is 1. The molecule has 0 aromatic heterocycles. The van der Waals surface area contributed by atoms with Crippen LogP contribution in [-0.2, 0) is 4.74 Å². The van der Waals surface area contributed by atoms with Crippen LogP contribution in [0.3, 0.4) is 0 Å². The molecule has 0 aromatic rings. The second-order valence-corrected chi connectivity index (χ2v) is 3.71. The second kappa shape index (κ2) is 4.16. The number of nitrogens with zero attached hydrogens (tertiary/aromatic N) is 1. The fourth-order valence-electron chi connectivity index (χ4n) is 1.48. The first-order chi connectivity index (χ1) is 5.63. The van der Waals surface area contributed by atoms with Crippen molar-refractivity contribution in [3.05, 3.63) is 0 Å². The van der Waals surface area contributed by atoms with E-state index in [1.165, 1.54) is 0 Å². The third-order valence-electron chi connectivity index (χ3n) is 2.33. The smallest absolute Gasteiger partial charge is 0.0899 e. The van der Waals surface area contributed by atoms with Gasteiger partial charge in [-0.1, -0.05) is 12.2 Å². The number of nitrogens with two attached hydrogens (primary N) is 1. The summed E-state index contributed by atoms with van der Waals surface area (Å²) in [5, 5.41) is 0. The highest BCUT2D eigenvalue weighted by Gasteiger charge is 2.24. The van der Waals surface area contributed by atoms with E-state index in [0.717, 1.165) is 19.8 Å². The van der Waals surface area contributed by atoms with Gasteiger partial charge < -0.3 is 10.5 Å². The SMILES string of the molecule is CC1COCCN1C(C)C(N)=S. The standard InChI is InChI=1S/C8H16N2OS/c1-6-5-11-4-3-10(6)7(2)8(9)12/h6-7H,3-5H2,1-2H3,(H2,9,12). The number of ether oxygens (including phenoxy) is 1. The van der Waals surface area contributed by atoms with Crippen molar-refractivity contribution in [2.24, 2.45) is 5.73 Å². The third-order valence-corrected chi connectivity index (χ3v) is 2.67. The summed E-state index contributed by atoms with van der Waals surface area (Å²) in [6, 6.07) is 0.620. The summed E-state index contributed by atoms with van der Waals surface area (Å²) in [5.74, 6) is 0. The molecular formula is C8H16N2OS. The summed E-state index contributed by atoms with van der Waals surface area (Å²) in [6.45, 7) is 6.68. The van der Waals surface area contributed by atoms with Crippen LogP contribution in [0.2, 0.25) is 0 Å². The van der Waals surface area contributed by atoms with Crippen molar-refractivity contribution in [3.63, 3.8) is 0 Å². The summed E-state index contributed by atoms with van der Waals surface area (Å²) in [5.41, 5.74) is 5.58. The zero-order valence-corrected chi connectivity index (χ0v) is 8.43. The van der Waals surface area contributed by atoms with Crippen LogP contribution in [0.4, 0.5) is 0 Å². The Labute approximate surface area is 78.9 Å². The molecule has 0 aliphatic carbocycles. The number of thiocarbonyl (C=S) groups is 1. The summed E-state index contributed by atoms with van der Waals surface area (Å²) >= 11 is 4.95. The molecular weight excluding hydrogens is 172 g/mol. The molecule has 0 saturated carbocycles. The van der Waals surface area contributed by atoms with Crippen molar-refractivity contribution in [2.45, 2.75) is 25.9 Å². The maximum atomic E-state index is 5.58. The highest BCUT2D eigenvalue weighted by Crippen LogP contribution is 2.10. The minimum absolute atomic E-state index is 0.193. The van der Waals surface area contributed by atoms with Gasteiger partial charge in [-0.15, -0.1) is 0 Å². The van der Waals surface area contributed by atoms with Gasteiger partial charge in [0.25, 0.3) is 0 Å². The van der Waals surface area contributed by atoms with Crippen molar-refractivity contribution in [2.75, 3.05) is 19.8 Å². The Morgan fingerprint density at radius 1 is 1.75 bits per heavy atom. The predicted molar refractivity (Wildman–Crippen MR) is 53.2 cm³/mol. The Kier molecular flexibility index (Phi) is 3.43. The Hall–Kier alpha value is -0.190. The molecule has 1 aliphatic heterocycles. The van der Waals surface area contributed by atoms with Gasteiger partial charge in [0.15, 0.2) is 0 Å². The third kappa shape index (κ3) is 2.15. The summed E-state index contributed by atoms with van der Waals surface area (Å²) < 4.78 is 5.32. The van der Waals surface area contributed by atoms with Crippen molar-refractivity contribution >= 4 is 17.2 Å². The lowest BCUT2D eigenvalue weighted by Gasteiger charge is -2.37. The monoisotopic (exact) mass is 188 g/mol. The van der Waals surface area contributed by atoms with Crippen LogP contribution in [0.15, 0.2) is 0 Å². The lowest BCUT2D eigenvalue weighted by atomic mass is 10.2. The molecule has 0 radical (unpaired) electrons. The number of hydrogen-bond acceptors (Lipinski definition) is 3. The highest BCUT2D eigenvalue weighted by atomic mass is 32.1. The van der Waals surface area contributed by atoms with Crippen LogP contribution in [0.5, 0.6) is 0 Å². The van der Waals surface area contributed by atoms with Gasteiger partial charge in [-0.05, 0) is 13.8 Å². The lowest BCUT2D eigenvalue weighted by molar-refractivity contribution is -0.00658. The Balaban J connectivity index is 2.53.